The molecule has 0 bridgehead atoms. The summed E-state index contributed by atoms with van der Waals surface area (Å²) in [5.74, 6) is 0.418. The highest BCUT2D eigenvalue weighted by molar-refractivity contribution is 6.20. The van der Waals surface area contributed by atoms with Crippen molar-refractivity contribution < 1.29 is 4.42 Å². The Morgan fingerprint density at radius 3 is 2.27 bits per heavy atom. The third-order valence-corrected chi connectivity index (χ3v) is 6.01. The first kappa shape index (κ1) is 17.2. The first-order chi connectivity index (χ1) is 14.7. The Hall–Kier alpha value is -3.65. The van der Waals surface area contributed by atoms with Gasteiger partial charge in [-0.05, 0) is 46.5 Å². The minimum absolute atomic E-state index is 0.418. The topological polar surface area (TPSA) is 26.0 Å². The molecule has 30 heavy (non-hydrogen) atoms. The molecule has 6 rings (SSSR count). The number of hydrogen-bond acceptors (Lipinski definition) is 2. The average molecular weight is 387 g/mol. The van der Waals surface area contributed by atoms with Crippen LogP contribution in [0.25, 0.3) is 54.9 Å². The van der Waals surface area contributed by atoms with E-state index < -0.39 is 0 Å². The lowest BCUT2D eigenvalue weighted by atomic mass is 9.92. The number of hydrogen-bond donors (Lipinski definition) is 0. The lowest BCUT2D eigenvalue weighted by Gasteiger charge is -2.14. The Balaban J connectivity index is 1.79. The molecular weight excluding hydrogens is 366 g/mol. The molecule has 0 saturated carbocycles. The molecule has 144 valence electrons. The maximum absolute atomic E-state index is 6.40. The van der Waals surface area contributed by atoms with Crippen molar-refractivity contribution in [3.63, 3.8) is 0 Å². The normalized spacial score (nSPS) is 12.0. The summed E-state index contributed by atoms with van der Waals surface area (Å²) in [6.45, 7) is 4.49. The van der Waals surface area contributed by atoms with Gasteiger partial charge in [-0.2, -0.15) is 0 Å². The number of rotatable bonds is 2. The molecule has 0 unspecified atom stereocenters. The molecule has 2 heterocycles. The van der Waals surface area contributed by atoms with Crippen molar-refractivity contribution >= 4 is 43.6 Å². The number of fused-ring (bicyclic) bond motifs is 6. The minimum Gasteiger partial charge on any atom is -0.454 e. The molecule has 6 aromatic rings. The number of para-hydroxylation sites is 2. The number of benzene rings is 4. The van der Waals surface area contributed by atoms with E-state index in [-0.39, 0.29) is 0 Å². The Bertz CT molecular complexity index is 1570. The molecule has 0 saturated heterocycles. The van der Waals surface area contributed by atoms with Crippen molar-refractivity contribution in [2.75, 3.05) is 0 Å². The fourth-order valence-corrected chi connectivity index (χ4v) is 4.58. The summed E-state index contributed by atoms with van der Waals surface area (Å²) in [5.41, 5.74) is 6.10. The van der Waals surface area contributed by atoms with Gasteiger partial charge in [0.2, 0.25) is 0 Å². The fraction of sp³-hybridized carbons (Fsp3) is 0.107. The van der Waals surface area contributed by atoms with Crippen molar-refractivity contribution in [2.24, 2.45) is 0 Å². The molecule has 2 heteroatoms. The molecule has 0 aliphatic carbocycles. The molecule has 0 spiro atoms. The Labute approximate surface area is 174 Å². The van der Waals surface area contributed by atoms with Gasteiger partial charge >= 0.3 is 0 Å². The van der Waals surface area contributed by atoms with Crippen molar-refractivity contribution in [3.8, 4) is 11.3 Å². The summed E-state index contributed by atoms with van der Waals surface area (Å²) in [6.07, 6.45) is 0. The fourth-order valence-electron chi connectivity index (χ4n) is 4.58. The zero-order chi connectivity index (χ0) is 20.2. The second-order valence-corrected chi connectivity index (χ2v) is 8.22. The molecule has 0 aliphatic rings. The molecule has 0 aliphatic heterocycles. The van der Waals surface area contributed by atoms with Crippen molar-refractivity contribution in [1.82, 2.24) is 4.98 Å². The van der Waals surface area contributed by atoms with Gasteiger partial charge in [0.1, 0.15) is 11.3 Å². The molecule has 0 radical (unpaired) electrons. The van der Waals surface area contributed by atoms with Crippen LogP contribution >= 0.6 is 0 Å². The molecular formula is C28H21NO. The largest absolute Gasteiger partial charge is 0.454 e. The van der Waals surface area contributed by atoms with E-state index in [1.165, 1.54) is 16.3 Å². The molecule has 0 atom stereocenters. The maximum Gasteiger partial charge on any atom is 0.162 e. The highest BCUT2D eigenvalue weighted by Gasteiger charge is 2.18. The van der Waals surface area contributed by atoms with E-state index in [4.69, 9.17) is 9.40 Å². The number of aromatic nitrogens is 1. The summed E-state index contributed by atoms with van der Waals surface area (Å²) >= 11 is 0. The molecule has 4 aromatic carbocycles. The molecule has 0 N–H and O–H groups in total. The van der Waals surface area contributed by atoms with Gasteiger partial charge in [0.25, 0.3) is 0 Å². The van der Waals surface area contributed by atoms with Crippen LogP contribution in [0.1, 0.15) is 25.3 Å². The van der Waals surface area contributed by atoms with Gasteiger partial charge in [0, 0.05) is 21.7 Å². The monoisotopic (exact) mass is 387 g/mol. The number of pyridine rings is 1. The van der Waals surface area contributed by atoms with E-state index in [0.717, 1.165) is 44.1 Å². The van der Waals surface area contributed by atoms with Gasteiger partial charge in [-0.1, -0.05) is 74.5 Å². The van der Waals surface area contributed by atoms with Crippen LogP contribution in [0.3, 0.4) is 0 Å². The first-order valence-electron chi connectivity index (χ1n) is 10.4. The van der Waals surface area contributed by atoms with E-state index >= 15 is 0 Å². The van der Waals surface area contributed by atoms with Gasteiger partial charge in [0.15, 0.2) is 5.58 Å². The standard InChI is InChI=1S/C28H21NO/c1-17(2)23-16-19(15-18-9-3-4-10-20(18)23)27-28-26(21-11-5-7-13-24(21)29-27)22-12-6-8-14-25(22)30-28/h3-17H,1-2H3. The van der Waals surface area contributed by atoms with E-state index in [2.05, 4.69) is 80.6 Å². The van der Waals surface area contributed by atoms with Crippen LogP contribution in [0.4, 0.5) is 0 Å². The van der Waals surface area contributed by atoms with E-state index in [9.17, 15) is 0 Å². The van der Waals surface area contributed by atoms with Crippen LogP contribution in [-0.4, -0.2) is 4.98 Å². The van der Waals surface area contributed by atoms with E-state index in [0.29, 0.717) is 5.92 Å². The predicted octanol–water partition coefficient (Wildman–Crippen LogP) is 8.08. The first-order valence-corrected chi connectivity index (χ1v) is 10.4. The SMILES string of the molecule is CC(C)c1cc(-c2nc3ccccc3c3c2oc2ccccc23)cc2ccccc12. The number of furan rings is 1. The van der Waals surface area contributed by atoms with Crippen LogP contribution in [0.2, 0.25) is 0 Å². The summed E-state index contributed by atoms with van der Waals surface area (Å²) in [4.78, 5) is 5.08. The third-order valence-electron chi connectivity index (χ3n) is 6.01. The Morgan fingerprint density at radius 2 is 1.43 bits per heavy atom. The Morgan fingerprint density at radius 1 is 0.733 bits per heavy atom. The molecule has 2 aromatic heterocycles. The smallest absolute Gasteiger partial charge is 0.162 e. The minimum atomic E-state index is 0.418. The van der Waals surface area contributed by atoms with Crippen LogP contribution in [0, 0.1) is 0 Å². The summed E-state index contributed by atoms with van der Waals surface area (Å²) in [5, 5.41) is 5.95. The zero-order valence-corrected chi connectivity index (χ0v) is 17.0. The summed E-state index contributed by atoms with van der Waals surface area (Å²) < 4.78 is 6.40. The zero-order valence-electron chi connectivity index (χ0n) is 17.0. The van der Waals surface area contributed by atoms with Gasteiger partial charge in [-0.25, -0.2) is 4.98 Å². The molecule has 2 nitrogen and oxygen atoms in total. The van der Waals surface area contributed by atoms with E-state index in [1.807, 2.05) is 18.2 Å². The number of nitrogens with zero attached hydrogens (tertiary/aromatic N) is 1. The van der Waals surface area contributed by atoms with Crippen LogP contribution in [0.5, 0.6) is 0 Å². The quantitative estimate of drug-likeness (QED) is 0.300. The highest BCUT2D eigenvalue weighted by atomic mass is 16.3. The van der Waals surface area contributed by atoms with Gasteiger partial charge in [-0.3, -0.25) is 0 Å². The van der Waals surface area contributed by atoms with Crippen molar-refractivity contribution in [3.05, 3.63) is 90.5 Å². The van der Waals surface area contributed by atoms with E-state index in [1.54, 1.807) is 0 Å². The summed E-state index contributed by atoms with van der Waals surface area (Å²) in [7, 11) is 0. The van der Waals surface area contributed by atoms with Gasteiger partial charge in [-0.15, -0.1) is 0 Å². The third kappa shape index (κ3) is 2.47. The Kier molecular flexibility index (Phi) is 3.69. The van der Waals surface area contributed by atoms with Gasteiger partial charge in [0.05, 0.1) is 5.52 Å². The van der Waals surface area contributed by atoms with Crippen molar-refractivity contribution in [1.29, 1.82) is 0 Å². The lowest BCUT2D eigenvalue weighted by molar-refractivity contribution is 0.668. The lowest BCUT2D eigenvalue weighted by Crippen LogP contribution is -1.93. The van der Waals surface area contributed by atoms with Gasteiger partial charge < -0.3 is 4.42 Å². The van der Waals surface area contributed by atoms with Crippen LogP contribution in [0.15, 0.2) is 89.3 Å². The van der Waals surface area contributed by atoms with Crippen LogP contribution < -0.4 is 0 Å². The summed E-state index contributed by atoms with van der Waals surface area (Å²) in [6, 6.07) is 29.7. The predicted molar refractivity (Wildman–Crippen MR) is 126 cm³/mol. The second-order valence-electron chi connectivity index (χ2n) is 8.22. The molecule has 0 fully saturated rings. The van der Waals surface area contributed by atoms with Crippen LogP contribution in [-0.2, 0) is 0 Å². The highest BCUT2D eigenvalue weighted by Crippen LogP contribution is 2.40. The molecule has 0 amide bonds. The average Bonchev–Trinajstić information content (AvgIpc) is 3.17. The van der Waals surface area contributed by atoms with Crippen molar-refractivity contribution in [2.45, 2.75) is 19.8 Å². The maximum atomic E-state index is 6.40. The second kappa shape index (κ2) is 6.43.